The maximum absolute atomic E-state index is 10.8. The average molecular weight is 236 g/mol. The third kappa shape index (κ3) is 8.22. The second-order valence-electron chi connectivity index (χ2n) is 2.97. The molecular formula is C8H16N2O3Ti. The fourth-order valence-corrected chi connectivity index (χ4v) is 1.11. The van der Waals surface area contributed by atoms with E-state index in [1.54, 1.807) is 0 Å². The molecule has 0 saturated heterocycles. The Kier molecular flexibility index (Phi) is 10.5. The van der Waals surface area contributed by atoms with Gasteiger partial charge in [-0.25, -0.2) is 0 Å². The Morgan fingerprint density at radius 1 is 1.21 bits per heavy atom. The maximum atomic E-state index is 10.8. The number of hydrogen-bond acceptors (Lipinski definition) is 3. The van der Waals surface area contributed by atoms with Crippen LogP contribution in [0.2, 0.25) is 0 Å². The first-order valence-corrected chi connectivity index (χ1v) is 4.26. The smallest absolute Gasteiger partial charge is 0.220 e. The summed E-state index contributed by atoms with van der Waals surface area (Å²) in [5.41, 5.74) is 10.00. The fourth-order valence-electron chi connectivity index (χ4n) is 1.11. The normalized spacial score (nSPS) is 11.5. The molecule has 0 bridgehead atoms. The van der Waals surface area contributed by atoms with Gasteiger partial charge >= 0.3 is 0 Å². The molecule has 2 amide bonds. The molecule has 5 N–H and O–H groups in total. The van der Waals surface area contributed by atoms with Gasteiger partial charge in [-0.2, -0.15) is 0 Å². The average Bonchev–Trinajstić information content (AvgIpc) is 2.02. The van der Waals surface area contributed by atoms with E-state index in [4.69, 9.17) is 16.6 Å². The second kappa shape index (κ2) is 9.18. The molecule has 1 atom stereocenters. The van der Waals surface area contributed by atoms with E-state index in [1.807, 2.05) is 0 Å². The van der Waals surface area contributed by atoms with Crippen LogP contribution < -0.4 is 11.5 Å². The van der Waals surface area contributed by atoms with Crippen molar-refractivity contribution in [3.8, 4) is 0 Å². The standard InChI is InChI=1S/C8H16N2O3.Ti/c9-7(12)3-1-2-6(4-5-11)8(10)13;/h6,11H,1-5H2,(H2,9,12)(H2,10,13);. The molecule has 0 aromatic rings. The van der Waals surface area contributed by atoms with Crippen molar-refractivity contribution in [2.75, 3.05) is 6.61 Å². The summed E-state index contributed by atoms with van der Waals surface area (Å²) in [4.78, 5) is 21.1. The van der Waals surface area contributed by atoms with Gasteiger partial charge in [0, 0.05) is 40.7 Å². The van der Waals surface area contributed by atoms with Gasteiger partial charge in [0.15, 0.2) is 0 Å². The van der Waals surface area contributed by atoms with Crippen molar-refractivity contribution < 1.29 is 36.4 Å². The summed E-state index contributed by atoms with van der Waals surface area (Å²) in [5.74, 6) is -1.16. The Bertz CT molecular complexity index is 187. The van der Waals surface area contributed by atoms with Gasteiger partial charge in [-0.1, -0.05) is 0 Å². The minimum absolute atomic E-state index is 0. The molecule has 1 unspecified atom stereocenters. The molecule has 0 rings (SSSR count). The monoisotopic (exact) mass is 236 g/mol. The van der Waals surface area contributed by atoms with Crippen LogP contribution in [0.3, 0.4) is 0 Å². The molecule has 14 heavy (non-hydrogen) atoms. The molecule has 5 nitrogen and oxygen atoms in total. The third-order valence-electron chi connectivity index (χ3n) is 1.86. The number of aliphatic hydroxyl groups excluding tert-OH is 1. The number of rotatable bonds is 7. The molecule has 6 heteroatoms. The van der Waals surface area contributed by atoms with E-state index < -0.39 is 5.91 Å². The number of carbonyl (C=O) groups excluding carboxylic acids is 2. The van der Waals surface area contributed by atoms with E-state index in [9.17, 15) is 9.59 Å². The summed E-state index contributed by atoms with van der Waals surface area (Å²) in [6.45, 7) is -0.0653. The molecular weight excluding hydrogens is 220 g/mol. The van der Waals surface area contributed by atoms with Crippen molar-refractivity contribution in [3.05, 3.63) is 0 Å². The van der Waals surface area contributed by atoms with Gasteiger partial charge in [-0.3, -0.25) is 9.59 Å². The molecule has 80 valence electrons. The Morgan fingerprint density at radius 3 is 2.14 bits per heavy atom. The van der Waals surface area contributed by atoms with Crippen molar-refractivity contribution in [2.24, 2.45) is 17.4 Å². The predicted molar refractivity (Wildman–Crippen MR) is 47.4 cm³/mol. The summed E-state index contributed by atoms with van der Waals surface area (Å²) in [6.07, 6.45) is 1.67. The summed E-state index contributed by atoms with van der Waals surface area (Å²) in [6, 6.07) is 0. The van der Waals surface area contributed by atoms with Crippen molar-refractivity contribution in [3.63, 3.8) is 0 Å². The van der Waals surface area contributed by atoms with Crippen LogP contribution in [0.5, 0.6) is 0 Å². The van der Waals surface area contributed by atoms with Crippen molar-refractivity contribution in [1.82, 2.24) is 0 Å². The maximum Gasteiger partial charge on any atom is 0.220 e. The zero-order valence-electron chi connectivity index (χ0n) is 8.03. The number of aliphatic hydroxyl groups is 1. The molecule has 0 heterocycles. The molecule has 0 aromatic heterocycles. The van der Waals surface area contributed by atoms with Gasteiger partial charge in [0.2, 0.25) is 11.8 Å². The first-order valence-electron chi connectivity index (χ1n) is 4.26. The zero-order valence-corrected chi connectivity index (χ0v) is 9.59. The number of amides is 2. The van der Waals surface area contributed by atoms with E-state index in [2.05, 4.69) is 0 Å². The Labute approximate surface area is 98.1 Å². The first-order chi connectivity index (χ1) is 6.07. The Balaban J connectivity index is 0. The van der Waals surface area contributed by atoms with Crippen LogP contribution in [0.4, 0.5) is 0 Å². The SMILES string of the molecule is NC(=O)CCCC(CCO)C(N)=O.[Ti]. The van der Waals surface area contributed by atoms with Crippen LogP contribution in [0.1, 0.15) is 25.7 Å². The van der Waals surface area contributed by atoms with Crippen molar-refractivity contribution in [2.45, 2.75) is 25.7 Å². The quantitative estimate of drug-likeness (QED) is 0.500. The van der Waals surface area contributed by atoms with E-state index in [1.165, 1.54) is 0 Å². The van der Waals surface area contributed by atoms with Crippen LogP contribution in [0.25, 0.3) is 0 Å². The molecule has 0 radical (unpaired) electrons. The van der Waals surface area contributed by atoms with Crippen LogP contribution in [-0.4, -0.2) is 23.5 Å². The fraction of sp³-hybridized carbons (Fsp3) is 0.750. The van der Waals surface area contributed by atoms with Gasteiger partial charge in [0.05, 0.1) is 0 Å². The van der Waals surface area contributed by atoms with E-state index >= 15 is 0 Å². The van der Waals surface area contributed by atoms with Crippen molar-refractivity contribution >= 4 is 11.8 Å². The summed E-state index contributed by atoms with van der Waals surface area (Å²) < 4.78 is 0. The molecule has 0 aliphatic rings. The van der Waals surface area contributed by atoms with Gasteiger partial charge in [-0.15, -0.1) is 0 Å². The van der Waals surface area contributed by atoms with Gasteiger partial charge in [-0.05, 0) is 19.3 Å². The van der Waals surface area contributed by atoms with Crippen LogP contribution in [0, 0.1) is 5.92 Å². The predicted octanol–water partition coefficient (Wildman–Crippen LogP) is -0.877. The molecule has 0 aliphatic heterocycles. The third-order valence-corrected chi connectivity index (χ3v) is 1.86. The van der Waals surface area contributed by atoms with Crippen LogP contribution >= 0.6 is 0 Å². The van der Waals surface area contributed by atoms with Crippen LogP contribution in [-0.2, 0) is 31.3 Å². The van der Waals surface area contributed by atoms with Crippen molar-refractivity contribution in [1.29, 1.82) is 0 Å². The molecule has 0 aromatic carbocycles. The Morgan fingerprint density at radius 2 is 1.79 bits per heavy atom. The largest absolute Gasteiger partial charge is 0.396 e. The first kappa shape index (κ1) is 16.1. The van der Waals surface area contributed by atoms with Gasteiger partial charge in [0.1, 0.15) is 0 Å². The number of primary amides is 2. The summed E-state index contributed by atoms with van der Waals surface area (Å²) in [7, 11) is 0. The minimum atomic E-state index is -0.432. The second-order valence-corrected chi connectivity index (χ2v) is 2.97. The van der Waals surface area contributed by atoms with Gasteiger partial charge < -0.3 is 16.6 Å². The molecule has 0 aliphatic carbocycles. The van der Waals surface area contributed by atoms with Gasteiger partial charge in [0.25, 0.3) is 0 Å². The minimum Gasteiger partial charge on any atom is -0.396 e. The molecule has 0 fully saturated rings. The van der Waals surface area contributed by atoms with E-state index in [0.29, 0.717) is 19.3 Å². The number of nitrogens with two attached hydrogens (primary N) is 2. The van der Waals surface area contributed by atoms with Crippen LogP contribution in [0.15, 0.2) is 0 Å². The molecule has 0 saturated carbocycles. The number of hydrogen-bond donors (Lipinski definition) is 3. The molecule has 0 spiro atoms. The van der Waals surface area contributed by atoms with E-state index in [0.717, 1.165) is 0 Å². The Hall–Kier alpha value is -0.386. The summed E-state index contributed by atoms with van der Waals surface area (Å²) in [5, 5.41) is 8.59. The zero-order chi connectivity index (χ0) is 10.3. The summed E-state index contributed by atoms with van der Waals surface area (Å²) >= 11 is 0. The topological polar surface area (TPSA) is 106 Å². The van der Waals surface area contributed by atoms with E-state index in [-0.39, 0.29) is 46.6 Å². The number of carbonyl (C=O) groups is 2.